The lowest BCUT2D eigenvalue weighted by molar-refractivity contribution is 0.0633. The van der Waals surface area contributed by atoms with E-state index in [4.69, 9.17) is 10.5 Å². The zero-order chi connectivity index (χ0) is 12.4. The van der Waals surface area contributed by atoms with Crippen LogP contribution < -0.4 is 5.73 Å². The Morgan fingerprint density at radius 2 is 2.35 bits per heavy atom. The zero-order valence-corrected chi connectivity index (χ0v) is 11.6. The van der Waals surface area contributed by atoms with Crippen LogP contribution >= 0.6 is 11.3 Å². The summed E-state index contributed by atoms with van der Waals surface area (Å²) in [5, 5.41) is 2.12. The fourth-order valence-corrected chi connectivity index (χ4v) is 3.74. The van der Waals surface area contributed by atoms with Crippen LogP contribution in [-0.4, -0.2) is 36.7 Å². The van der Waals surface area contributed by atoms with Gasteiger partial charge in [-0.15, -0.1) is 11.3 Å². The van der Waals surface area contributed by atoms with Gasteiger partial charge in [-0.05, 0) is 38.8 Å². The Hall–Kier alpha value is -0.420. The van der Waals surface area contributed by atoms with Gasteiger partial charge in [0.1, 0.15) is 0 Å². The summed E-state index contributed by atoms with van der Waals surface area (Å²) in [4.78, 5) is 3.75. The quantitative estimate of drug-likeness (QED) is 0.895. The second kappa shape index (κ2) is 5.48. The van der Waals surface area contributed by atoms with Gasteiger partial charge in [0.2, 0.25) is 0 Å². The average molecular weight is 254 g/mol. The maximum Gasteiger partial charge on any atom is 0.0703 e. The van der Waals surface area contributed by atoms with Crippen molar-refractivity contribution >= 4 is 11.3 Å². The van der Waals surface area contributed by atoms with Gasteiger partial charge in [0.05, 0.1) is 12.1 Å². The van der Waals surface area contributed by atoms with Gasteiger partial charge in [-0.3, -0.25) is 4.90 Å². The van der Waals surface area contributed by atoms with Crippen LogP contribution in [0.15, 0.2) is 17.5 Å². The highest BCUT2D eigenvalue weighted by Crippen LogP contribution is 2.31. The largest absolute Gasteiger partial charge is 0.377 e. The van der Waals surface area contributed by atoms with Gasteiger partial charge in [0, 0.05) is 23.6 Å². The topological polar surface area (TPSA) is 38.5 Å². The van der Waals surface area contributed by atoms with E-state index in [0.717, 1.165) is 13.0 Å². The summed E-state index contributed by atoms with van der Waals surface area (Å²) >= 11 is 1.79. The Bertz CT molecular complexity index is 339. The molecule has 0 amide bonds. The van der Waals surface area contributed by atoms with Crippen LogP contribution in [0.2, 0.25) is 0 Å². The minimum atomic E-state index is 0.131. The van der Waals surface area contributed by atoms with Crippen LogP contribution in [0.3, 0.4) is 0 Å². The lowest BCUT2D eigenvalue weighted by atomic mass is 10.0. The highest BCUT2D eigenvalue weighted by molar-refractivity contribution is 7.10. The smallest absolute Gasteiger partial charge is 0.0703 e. The third kappa shape index (κ3) is 2.71. The molecule has 1 aliphatic rings. The Balaban J connectivity index is 2.16. The number of rotatable bonds is 4. The summed E-state index contributed by atoms with van der Waals surface area (Å²) < 4.78 is 5.65. The highest BCUT2D eigenvalue weighted by atomic mass is 32.1. The second-order valence-electron chi connectivity index (χ2n) is 4.92. The molecular weight excluding hydrogens is 232 g/mol. The minimum absolute atomic E-state index is 0.131. The Labute approximate surface area is 108 Å². The molecule has 2 N–H and O–H groups in total. The maximum atomic E-state index is 6.17. The predicted molar refractivity (Wildman–Crippen MR) is 72.3 cm³/mol. The van der Waals surface area contributed by atoms with Crippen LogP contribution in [0.5, 0.6) is 0 Å². The van der Waals surface area contributed by atoms with Gasteiger partial charge < -0.3 is 10.5 Å². The van der Waals surface area contributed by atoms with Gasteiger partial charge >= 0.3 is 0 Å². The summed E-state index contributed by atoms with van der Waals surface area (Å²) in [5.74, 6) is 0. The fourth-order valence-electron chi connectivity index (χ4n) is 2.75. The first-order valence-electron chi connectivity index (χ1n) is 6.23. The molecule has 1 aliphatic heterocycles. The average Bonchev–Trinajstić information content (AvgIpc) is 2.88. The first-order valence-corrected chi connectivity index (χ1v) is 7.11. The molecule has 96 valence electrons. The molecular formula is C13H22N2OS. The Morgan fingerprint density at radius 1 is 1.59 bits per heavy atom. The fraction of sp³-hybridized carbons (Fsp3) is 0.692. The van der Waals surface area contributed by atoms with Gasteiger partial charge in [0.25, 0.3) is 0 Å². The highest BCUT2D eigenvalue weighted by Gasteiger charge is 2.34. The van der Waals surface area contributed by atoms with Gasteiger partial charge in [-0.25, -0.2) is 0 Å². The Morgan fingerprint density at radius 3 is 2.82 bits per heavy atom. The Kier molecular flexibility index (Phi) is 4.20. The molecule has 4 heteroatoms. The van der Waals surface area contributed by atoms with Crippen molar-refractivity contribution in [2.24, 2.45) is 5.73 Å². The third-order valence-corrected chi connectivity index (χ3v) is 4.57. The van der Waals surface area contributed by atoms with Crippen LogP contribution in [0, 0.1) is 0 Å². The minimum Gasteiger partial charge on any atom is -0.377 e. The van der Waals surface area contributed by atoms with E-state index >= 15 is 0 Å². The molecule has 0 radical (unpaired) electrons. The zero-order valence-electron chi connectivity index (χ0n) is 10.8. The van der Waals surface area contributed by atoms with Crippen molar-refractivity contribution in [3.63, 3.8) is 0 Å². The van der Waals surface area contributed by atoms with Crippen LogP contribution in [0.4, 0.5) is 0 Å². The molecule has 2 rings (SSSR count). The van der Waals surface area contributed by atoms with E-state index in [9.17, 15) is 0 Å². The summed E-state index contributed by atoms with van der Waals surface area (Å²) in [7, 11) is 2.17. The van der Waals surface area contributed by atoms with Crippen molar-refractivity contribution in [2.75, 3.05) is 13.7 Å². The van der Waals surface area contributed by atoms with Crippen molar-refractivity contribution in [3.8, 4) is 0 Å². The first-order chi connectivity index (χ1) is 8.11. The van der Waals surface area contributed by atoms with E-state index in [-0.39, 0.29) is 6.04 Å². The van der Waals surface area contributed by atoms with Crippen molar-refractivity contribution in [3.05, 3.63) is 22.4 Å². The third-order valence-electron chi connectivity index (χ3n) is 3.63. The van der Waals surface area contributed by atoms with E-state index in [0.29, 0.717) is 18.2 Å². The molecule has 4 unspecified atom stereocenters. The second-order valence-corrected chi connectivity index (χ2v) is 5.90. The summed E-state index contributed by atoms with van der Waals surface area (Å²) in [6.07, 6.45) is 1.41. The van der Waals surface area contributed by atoms with E-state index in [1.54, 1.807) is 11.3 Å². The lowest BCUT2D eigenvalue weighted by Crippen LogP contribution is -2.45. The molecule has 1 saturated heterocycles. The molecule has 0 bridgehead atoms. The summed E-state index contributed by atoms with van der Waals surface area (Å²) in [6.45, 7) is 5.11. The number of hydrogen-bond donors (Lipinski definition) is 1. The molecule has 0 aliphatic carbocycles. The van der Waals surface area contributed by atoms with Gasteiger partial charge in [-0.1, -0.05) is 6.07 Å². The molecule has 1 aromatic rings. The molecule has 3 nitrogen and oxygen atoms in total. The molecule has 0 spiro atoms. The summed E-state index contributed by atoms with van der Waals surface area (Å²) in [5.41, 5.74) is 6.17. The van der Waals surface area contributed by atoms with Crippen molar-refractivity contribution < 1.29 is 4.74 Å². The van der Waals surface area contributed by atoms with E-state index in [1.807, 2.05) is 0 Å². The molecule has 0 aromatic carbocycles. The number of likely N-dealkylation sites (N-methyl/N-ethyl adjacent to an activating group) is 1. The molecule has 17 heavy (non-hydrogen) atoms. The SMILES string of the molecule is CC(N)C(c1cccs1)N(C)C1CCOC1C. The monoisotopic (exact) mass is 254 g/mol. The van der Waals surface area contributed by atoms with Gasteiger partial charge in [0.15, 0.2) is 0 Å². The number of thiophene rings is 1. The summed E-state index contributed by atoms with van der Waals surface area (Å²) in [6, 6.07) is 5.18. The van der Waals surface area contributed by atoms with Gasteiger partial charge in [-0.2, -0.15) is 0 Å². The molecule has 0 saturated carbocycles. The van der Waals surface area contributed by atoms with Crippen LogP contribution in [-0.2, 0) is 4.74 Å². The molecule has 1 aromatic heterocycles. The van der Waals surface area contributed by atoms with Crippen molar-refractivity contribution in [1.29, 1.82) is 0 Å². The molecule has 2 heterocycles. The van der Waals surface area contributed by atoms with E-state index in [2.05, 4.69) is 43.3 Å². The maximum absolute atomic E-state index is 6.17. The first kappa shape index (κ1) is 13.0. The van der Waals surface area contributed by atoms with Crippen molar-refractivity contribution in [1.82, 2.24) is 4.90 Å². The number of ether oxygens (including phenoxy) is 1. The van der Waals surface area contributed by atoms with E-state index in [1.165, 1.54) is 4.88 Å². The predicted octanol–water partition coefficient (Wildman–Crippen LogP) is 2.25. The molecule has 1 fully saturated rings. The number of nitrogens with zero attached hydrogens (tertiary/aromatic N) is 1. The van der Waals surface area contributed by atoms with Crippen molar-refractivity contribution in [2.45, 2.75) is 44.5 Å². The lowest BCUT2D eigenvalue weighted by Gasteiger charge is -2.36. The van der Waals surface area contributed by atoms with Crippen LogP contribution in [0.25, 0.3) is 0 Å². The normalized spacial score (nSPS) is 28.5. The van der Waals surface area contributed by atoms with E-state index < -0.39 is 0 Å². The standard InChI is InChI=1S/C13H22N2OS/c1-9(14)13(12-5-4-8-17-12)15(3)11-6-7-16-10(11)2/h4-5,8-11,13H,6-7,14H2,1-3H3. The molecule has 4 atom stereocenters. The van der Waals surface area contributed by atoms with Crippen LogP contribution in [0.1, 0.15) is 31.2 Å². The number of hydrogen-bond acceptors (Lipinski definition) is 4. The number of nitrogens with two attached hydrogens (primary N) is 1.